The highest BCUT2D eigenvalue weighted by atomic mass is 16.5. The maximum atomic E-state index is 9.73. The molecule has 1 aliphatic heterocycles. The van der Waals surface area contributed by atoms with Gasteiger partial charge in [-0.2, -0.15) is 5.10 Å². The van der Waals surface area contributed by atoms with Gasteiger partial charge in [-0.25, -0.2) is 14.6 Å². The molecule has 0 saturated heterocycles. The number of hydrogen-bond acceptors (Lipinski definition) is 9. The number of aryl methyl sites for hydroxylation is 1. The van der Waals surface area contributed by atoms with Crippen molar-refractivity contribution in [1.29, 1.82) is 0 Å². The van der Waals surface area contributed by atoms with E-state index in [0.717, 1.165) is 45.6 Å². The lowest BCUT2D eigenvalue weighted by molar-refractivity contribution is 0.154. The van der Waals surface area contributed by atoms with Crippen LogP contribution in [-0.4, -0.2) is 65.0 Å². The molecule has 0 aliphatic carbocycles. The predicted octanol–water partition coefficient (Wildman–Crippen LogP) is 3.69. The highest BCUT2D eigenvalue weighted by Gasteiger charge is 2.22. The summed E-state index contributed by atoms with van der Waals surface area (Å²) in [6.07, 6.45) is 10.3. The molecule has 0 saturated carbocycles. The second-order valence-electron chi connectivity index (χ2n) is 9.84. The van der Waals surface area contributed by atoms with Gasteiger partial charge in [-0.05, 0) is 70.6 Å². The van der Waals surface area contributed by atoms with Crippen molar-refractivity contribution >= 4 is 22.1 Å². The number of rotatable bonds is 4. The van der Waals surface area contributed by atoms with Crippen molar-refractivity contribution < 1.29 is 10.4 Å². The van der Waals surface area contributed by atoms with Crippen LogP contribution in [0.25, 0.3) is 22.1 Å². The van der Waals surface area contributed by atoms with Crippen molar-refractivity contribution in [2.24, 2.45) is 0 Å². The fourth-order valence-corrected chi connectivity index (χ4v) is 5.46. The number of imidazole rings is 1. The van der Waals surface area contributed by atoms with E-state index in [9.17, 15) is 10.4 Å². The molecule has 2 atom stereocenters. The molecule has 0 spiro atoms. The summed E-state index contributed by atoms with van der Waals surface area (Å²) in [7, 11) is 0. The van der Waals surface area contributed by atoms with Gasteiger partial charge in [0.25, 0.3) is 0 Å². The summed E-state index contributed by atoms with van der Waals surface area (Å²) in [6, 6.07) is 21.7. The smallest absolute Gasteiger partial charge is 0.137 e. The van der Waals surface area contributed by atoms with E-state index in [1.54, 1.807) is 11.0 Å². The normalized spacial score (nSPS) is 15.4. The van der Waals surface area contributed by atoms with Crippen molar-refractivity contribution in [2.75, 3.05) is 0 Å². The zero-order valence-electron chi connectivity index (χ0n) is 21.8. The van der Waals surface area contributed by atoms with Crippen LogP contribution in [0.4, 0.5) is 0 Å². The van der Waals surface area contributed by atoms with E-state index in [1.807, 2.05) is 73.2 Å². The van der Waals surface area contributed by atoms with E-state index in [0.29, 0.717) is 22.1 Å². The molecule has 41 heavy (non-hydrogen) atoms. The van der Waals surface area contributed by atoms with Crippen molar-refractivity contribution in [3.63, 3.8) is 0 Å². The first-order chi connectivity index (χ1) is 20.2. The number of hydrogen-bond donors (Lipinski definition) is 2. The molecule has 5 heterocycles. The van der Waals surface area contributed by atoms with Crippen LogP contribution in [0.3, 0.4) is 0 Å². The molecule has 13 nitrogen and oxygen atoms in total. The summed E-state index contributed by atoms with van der Waals surface area (Å²) in [5, 5.41) is 38.6. The third-order valence-electron chi connectivity index (χ3n) is 7.41. The highest BCUT2D eigenvalue weighted by Crippen LogP contribution is 2.31. The van der Waals surface area contributed by atoms with Crippen LogP contribution in [0, 0.1) is 0 Å². The van der Waals surface area contributed by atoms with Crippen molar-refractivity contribution in [1.82, 2.24) is 54.6 Å². The molecular formula is C28H25N11O2. The molecule has 8 rings (SSSR count). The minimum absolute atomic E-state index is 0.136. The first-order valence-electron chi connectivity index (χ1n) is 13.1. The van der Waals surface area contributed by atoms with E-state index < -0.39 is 0 Å². The Morgan fingerprint density at radius 3 is 2.29 bits per heavy atom. The summed E-state index contributed by atoms with van der Waals surface area (Å²) < 4.78 is 4.00. The SMILES string of the molecule is On1nnc2ccc(C(c3ccccc3)n3cncn3)cc21.On1nnc2ccc(C3CCCc4cncn43)cc21. The van der Waals surface area contributed by atoms with Gasteiger partial charge in [0.15, 0.2) is 0 Å². The molecule has 13 heteroatoms. The van der Waals surface area contributed by atoms with Crippen LogP contribution < -0.4 is 0 Å². The molecule has 2 N–H and O–H groups in total. The second kappa shape index (κ2) is 10.2. The summed E-state index contributed by atoms with van der Waals surface area (Å²) in [5.41, 5.74) is 7.00. The standard InChI is InChI=1S/C15H12N6O.C13H13N5O/c22-21-14-8-12(6-7-13(14)18-19-21)15(20-10-16-9-17-20)11-4-2-1-3-5-11;19-18-13-6-9(4-5-11(13)15-16-18)12-3-1-2-10-7-14-8-17(10)12/h1-10,15,22H;4-8,12,19H,1-3H2. The van der Waals surface area contributed by atoms with E-state index in [-0.39, 0.29) is 12.1 Å². The molecule has 0 fully saturated rings. The van der Waals surface area contributed by atoms with Gasteiger partial charge in [-0.3, -0.25) is 0 Å². The number of nitrogens with zero attached hydrogens (tertiary/aromatic N) is 11. The van der Waals surface area contributed by atoms with E-state index in [1.165, 1.54) is 12.0 Å². The number of aromatic nitrogens is 11. The lowest BCUT2D eigenvalue weighted by Gasteiger charge is -2.25. The molecule has 0 amide bonds. The van der Waals surface area contributed by atoms with Gasteiger partial charge < -0.3 is 15.0 Å². The molecule has 0 radical (unpaired) electrons. The maximum Gasteiger partial charge on any atom is 0.137 e. The first kappa shape index (κ1) is 24.5. The fourth-order valence-electron chi connectivity index (χ4n) is 5.46. The Labute approximate surface area is 232 Å². The first-order valence-corrected chi connectivity index (χ1v) is 13.1. The Bertz CT molecular complexity index is 1930. The summed E-state index contributed by atoms with van der Waals surface area (Å²) >= 11 is 0. The summed E-state index contributed by atoms with van der Waals surface area (Å²) in [4.78, 5) is 9.88. The molecule has 0 bridgehead atoms. The monoisotopic (exact) mass is 547 g/mol. The van der Waals surface area contributed by atoms with Crippen LogP contribution in [0.1, 0.15) is 47.3 Å². The van der Waals surface area contributed by atoms with Crippen molar-refractivity contribution in [2.45, 2.75) is 31.3 Å². The molecule has 4 aromatic heterocycles. The topological polar surface area (TPSA) is 150 Å². The van der Waals surface area contributed by atoms with Crippen molar-refractivity contribution in [3.05, 3.63) is 114 Å². The lowest BCUT2D eigenvalue weighted by atomic mass is 9.96. The fraction of sp³-hybridized carbons (Fsp3) is 0.179. The van der Waals surface area contributed by atoms with Crippen LogP contribution >= 0.6 is 0 Å². The van der Waals surface area contributed by atoms with E-state index >= 15 is 0 Å². The lowest BCUT2D eigenvalue weighted by Crippen LogP contribution is -2.17. The van der Waals surface area contributed by atoms with Gasteiger partial charge in [0.2, 0.25) is 0 Å². The summed E-state index contributed by atoms with van der Waals surface area (Å²) in [5.74, 6) is 0. The Morgan fingerprint density at radius 1 is 0.780 bits per heavy atom. The minimum atomic E-state index is -0.136. The van der Waals surface area contributed by atoms with Gasteiger partial charge in [0.1, 0.15) is 40.8 Å². The van der Waals surface area contributed by atoms with Gasteiger partial charge in [0.05, 0.1) is 12.4 Å². The average Bonchev–Trinajstić information content (AvgIpc) is 3.83. The van der Waals surface area contributed by atoms with Gasteiger partial charge in [-0.1, -0.05) is 52.2 Å². The average molecular weight is 548 g/mol. The Kier molecular flexibility index (Phi) is 6.07. The molecule has 1 aliphatic rings. The Morgan fingerprint density at radius 2 is 1.54 bits per heavy atom. The Balaban J connectivity index is 0.000000136. The number of benzene rings is 3. The third-order valence-corrected chi connectivity index (χ3v) is 7.41. The number of fused-ring (bicyclic) bond motifs is 3. The van der Waals surface area contributed by atoms with Crippen LogP contribution in [-0.2, 0) is 6.42 Å². The predicted molar refractivity (Wildman–Crippen MR) is 146 cm³/mol. The van der Waals surface area contributed by atoms with Crippen LogP contribution in [0.15, 0.2) is 91.9 Å². The summed E-state index contributed by atoms with van der Waals surface area (Å²) in [6.45, 7) is 0. The van der Waals surface area contributed by atoms with Gasteiger partial charge in [0, 0.05) is 11.9 Å². The van der Waals surface area contributed by atoms with E-state index in [4.69, 9.17) is 0 Å². The molecule has 2 unspecified atom stereocenters. The van der Waals surface area contributed by atoms with Gasteiger partial charge >= 0.3 is 0 Å². The quantitative estimate of drug-likeness (QED) is 0.314. The minimum Gasteiger partial charge on any atom is -0.410 e. The Hall–Kier alpha value is -5.59. The molecule has 7 aromatic rings. The van der Waals surface area contributed by atoms with Crippen LogP contribution in [0.5, 0.6) is 0 Å². The third kappa shape index (κ3) is 4.52. The second-order valence-corrected chi connectivity index (χ2v) is 9.84. The zero-order chi connectivity index (χ0) is 27.8. The van der Waals surface area contributed by atoms with E-state index in [2.05, 4.69) is 46.3 Å². The largest absolute Gasteiger partial charge is 0.410 e. The van der Waals surface area contributed by atoms with Crippen LogP contribution in [0.2, 0.25) is 0 Å². The highest BCUT2D eigenvalue weighted by molar-refractivity contribution is 5.75. The molecule has 3 aromatic carbocycles. The molecule has 204 valence electrons. The van der Waals surface area contributed by atoms with Gasteiger partial charge in [-0.15, -0.1) is 10.2 Å². The molecular weight excluding hydrogens is 522 g/mol. The maximum absolute atomic E-state index is 9.73. The van der Waals surface area contributed by atoms with Crippen molar-refractivity contribution in [3.8, 4) is 0 Å². The zero-order valence-corrected chi connectivity index (χ0v) is 21.8.